The fourth-order valence-electron chi connectivity index (χ4n) is 2.47. The third-order valence-corrected chi connectivity index (χ3v) is 5.40. The summed E-state index contributed by atoms with van der Waals surface area (Å²) in [6.45, 7) is 5.11. The minimum Gasteiger partial charge on any atom is -0.479 e. The molecule has 2 heterocycles. The molecule has 1 aromatic rings. The fourth-order valence-corrected chi connectivity index (χ4v) is 4.53. The van der Waals surface area contributed by atoms with Crippen LogP contribution in [-0.2, 0) is 14.3 Å². The van der Waals surface area contributed by atoms with Gasteiger partial charge in [-0.15, -0.1) is 22.7 Å². The van der Waals surface area contributed by atoms with Crippen molar-refractivity contribution in [1.29, 1.82) is 0 Å². The molecule has 2 aliphatic rings. The quantitative estimate of drug-likeness (QED) is 0.622. The molecule has 1 aromatic heterocycles. The van der Waals surface area contributed by atoms with E-state index in [1.807, 2.05) is 23.6 Å². The number of methoxy groups -OCH3 is 1. The van der Waals surface area contributed by atoms with Gasteiger partial charge < -0.3 is 14.2 Å². The number of thiophene rings is 1. The van der Waals surface area contributed by atoms with Crippen LogP contribution < -0.4 is 4.74 Å². The second-order valence-electron chi connectivity index (χ2n) is 6.41. The van der Waals surface area contributed by atoms with Crippen LogP contribution in [0.1, 0.15) is 30.4 Å². The number of fused-ring (bicyclic) bond motifs is 3. The van der Waals surface area contributed by atoms with Gasteiger partial charge in [-0.05, 0) is 37.8 Å². The highest BCUT2D eigenvalue weighted by molar-refractivity contribution is 7.22. The highest BCUT2D eigenvalue weighted by Crippen LogP contribution is 2.48. The molecule has 7 heteroatoms. The first-order valence-electron chi connectivity index (χ1n) is 7.66. The Labute approximate surface area is 153 Å². The maximum absolute atomic E-state index is 12.1. The van der Waals surface area contributed by atoms with Gasteiger partial charge in [-0.25, -0.2) is 9.59 Å². The van der Waals surface area contributed by atoms with E-state index in [9.17, 15) is 9.59 Å². The molecule has 0 saturated heterocycles. The Morgan fingerprint density at radius 1 is 1.24 bits per heavy atom. The monoisotopic (exact) mass is 378 g/mol. The number of hydrogen-bond donors (Lipinski definition) is 0. The van der Waals surface area contributed by atoms with E-state index in [0.29, 0.717) is 10.6 Å². The summed E-state index contributed by atoms with van der Waals surface area (Å²) in [6, 6.07) is 5.99. The van der Waals surface area contributed by atoms with Gasteiger partial charge in [0, 0.05) is 9.58 Å². The van der Waals surface area contributed by atoms with Crippen LogP contribution in [0, 0.1) is 0 Å². The van der Waals surface area contributed by atoms with Crippen molar-refractivity contribution in [2.45, 2.75) is 26.4 Å². The van der Waals surface area contributed by atoms with Crippen LogP contribution >= 0.6 is 22.7 Å². The van der Waals surface area contributed by atoms with Crippen molar-refractivity contribution in [3.8, 4) is 16.2 Å². The van der Waals surface area contributed by atoms with Gasteiger partial charge >= 0.3 is 11.9 Å². The van der Waals surface area contributed by atoms with Crippen molar-refractivity contribution in [1.82, 2.24) is 0 Å². The summed E-state index contributed by atoms with van der Waals surface area (Å²) >= 11 is 2.86. The van der Waals surface area contributed by atoms with Crippen molar-refractivity contribution in [2.75, 3.05) is 13.7 Å². The molecule has 0 spiro atoms. The van der Waals surface area contributed by atoms with Crippen LogP contribution in [0.5, 0.6) is 5.75 Å². The molecule has 0 atom stereocenters. The number of carbonyl (C=O) groups excluding carboxylic acids is 2. The summed E-state index contributed by atoms with van der Waals surface area (Å²) in [6.07, 6.45) is 0. The van der Waals surface area contributed by atoms with Gasteiger partial charge in [-0.2, -0.15) is 0 Å². The zero-order chi connectivity index (χ0) is 18.2. The molecule has 0 fully saturated rings. The Kier molecular flexibility index (Phi) is 4.71. The fraction of sp³-hybridized carbons (Fsp3) is 0.333. The Morgan fingerprint density at radius 2 is 2.00 bits per heavy atom. The first-order valence-corrected chi connectivity index (χ1v) is 9.35. The van der Waals surface area contributed by atoms with E-state index >= 15 is 0 Å². The van der Waals surface area contributed by atoms with Crippen molar-refractivity contribution < 1.29 is 23.8 Å². The minimum atomic E-state index is -0.593. The van der Waals surface area contributed by atoms with E-state index in [1.165, 1.54) is 18.4 Å². The van der Waals surface area contributed by atoms with E-state index < -0.39 is 17.5 Å². The van der Waals surface area contributed by atoms with Gasteiger partial charge in [-0.1, -0.05) is 12.1 Å². The maximum atomic E-state index is 12.1. The summed E-state index contributed by atoms with van der Waals surface area (Å²) < 4.78 is 16.8. The molecule has 5 nitrogen and oxygen atoms in total. The molecule has 1 aliphatic heterocycles. The third-order valence-electron chi connectivity index (χ3n) is 3.33. The summed E-state index contributed by atoms with van der Waals surface area (Å²) in [5.74, 6) is -0.577. The minimum absolute atomic E-state index is 0.267. The van der Waals surface area contributed by atoms with Gasteiger partial charge in [-0.3, -0.25) is 0 Å². The molecular weight excluding hydrogens is 360 g/mol. The molecule has 0 aromatic carbocycles. The second-order valence-corrected chi connectivity index (χ2v) is 8.38. The highest BCUT2D eigenvalue weighted by Gasteiger charge is 2.27. The number of hydrogen-bond acceptors (Lipinski definition) is 7. The van der Waals surface area contributed by atoms with Gasteiger partial charge in [0.05, 0.1) is 12.5 Å². The van der Waals surface area contributed by atoms with E-state index in [0.717, 1.165) is 20.5 Å². The predicted octanol–water partition coefficient (Wildman–Crippen LogP) is 4.57. The summed E-state index contributed by atoms with van der Waals surface area (Å²) in [4.78, 5) is 25.5. The molecular formula is C18H18O5S2. The van der Waals surface area contributed by atoms with Gasteiger partial charge in [0.25, 0.3) is 0 Å². The smallest absolute Gasteiger partial charge is 0.351 e. The summed E-state index contributed by atoms with van der Waals surface area (Å²) in [5, 5.41) is 2.81. The summed E-state index contributed by atoms with van der Waals surface area (Å²) in [5.41, 5.74) is 0.484. The molecule has 0 bridgehead atoms. The average Bonchev–Trinajstić information content (AvgIpc) is 3.06. The van der Waals surface area contributed by atoms with Crippen LogP contribution in [0.3, 0.4) is 0 Å². The largest absolute Gasteiger partial charge is 0.479 e. The molecule has 1 aliphatic carbocycles. The van der Waals surface area contributed by atoms with Crippen LogP contribution in [0.15, 0.2) is 23.6 Å². The first-order chi connectivity index (χ1) is 11.8. The molecule has 0 unspecified atom stereocenters. The van der Waals surface area contributed by atoms with Gasteiger partial charge in [0.2, 0.25) is 0 Å². The summed E-state index contributed by atoms with van der Waals surface area (Å²) in [7, 11) is 1.32. The van der Waals surface area contributed by atoms with Crippen molar-refractivity contribution in [2.24, 2.45) is 0 Å². The average molecular weight is 378 g/mol. The lowest BCUT2D eigenvalue weighted by Crippen LogP contribution is -2.27. The predicted molar refractivity (Wildman–Crippen MR) is 99.0 cm³/mol. The van der Waals surface area contributed by atoms with E-state index in [4.69, 9.17) is 14.2 Å². The standard InChI is InChI=1S/C18H18O5S2/c1-18(2,3)23-12(19)9-22-14-13-11(25-16(14)17(20)21-4)8-10-6-5-7-24-15(10)13/h5-8H,9H2,1-4H3. The molecule has 0 N–H and O–H groups in total. The Morgan fingerprint density at radius 3 is 2.68 bits per heavy atom. The zero-order valence-electron chi connectivity index (χ0n) is 14.4. The second kappa shape index (κ2) is 6.65. The molecule has 0 radical (unpaired) electrons. The molecule has 0 saturated carbocycles. The lowest BCUT2D eigenvalue weighted by molar-refractivity contribution is -0.157. The number of rotatable bonds is 4. The lowest BCUT2D eigenvalue weighted by Gasteiger charge is -2.19. The van der Waals surface area contributed by atoms with Crippen LogP contribution in [0.2, 0.25) is 0 Å². The first kappa shape index (κ1) is 17.7. The van der Waals surface area contributed by atoms with E-state index in [-0.39, 0.29) is 6.61 Å². The molecule has 25 heavy (non-hydrogen) atoms. The Hall–Kier alpha value is -2.12. The normalized spacial score (nSPS) is 11.7. The molecule has 0 amide bonds. The Balaban J connectivity index is 1.99. The molecule has 3 rings (SSSR count). The van der Waals surface area contributed by atoms with Crippen molar-refractivity contribution >= 4 is 44.7 Å². The van der Waals surface area contributed by atoms with E-state index in [1.54, 1.807) is 32.1 Å². The van der Waals surface area contributed by atoms with Gasteiger partial charge in [0.15, 0.2) is 17.2 Å². The van der Waals surface area contributed by atoms with Crippen molar-refractivity contribution in [3.63, 3.8) is 0 Å². The maximum Gasteiger partial charge on any atom is 0.351 e. The SMILES string of the molecule is COC(=O)c1sc2cc3cccsc-3c2c1OCC(=O)OC(C)(C)C. The number of carbonyl (C=O) groups is 2. The number of esters is 2. The van der Waals surface area contributed by atoms with Gasteiger partial charge in [0.1, 0.15) is 5.60 Å². The zero-order valence-corrected chi connectivity index (χ0v) is 16.0. The third kappa shape index (κ3) is 3.62. The number of ether oxygens (including phenoxy) is 3. The van der Waals surface area contributed by atoms with Crippen LogP contribution in [-0.4, -0.2) is 31.3 Å². The van der Waals surface area contributed by atoms with Crippen LogP contribution in [0.4, 0.5) is 0 Å². The van der Waals surface area contributed by atoms with E-state index in [2.05, 4.69) is 0 Å². The topological polar surface area (TPSA) is 61.8 Å². The van der Waals surface area contributed by atoms with Crippen LogP contribution in [0.25, 0.3) is 20.5 Å². The molecule has 132 valence electrons. The Bertz CT molecular complexity index is 900. The highest BCUT2D eigenvalue weighted by atomic mass is 32.1. The van der Waals surface area contributed by atoms with Crippen molar-refractivity contribution in [3.05, 3.63) is 28.5 Å². The lowest BCUT2D eigenvalue weighted by atomic mass is 10.2.